The van der Waals surface area contributed by atoms with E-state index in [-0.39, 0.29) is 26.4 Å². The van der Waals surface area contributed by atoms with Crippen molar-refractivity contribution in [3.8, 4) is 0 Å². The lowest BCUT2D eigenvalue weighted by Gasteiger charge is -1.94. The number of aliphatic hydroxyl groups is 4. The van der Waals surface area contributed by atoms with Crippen LogP contribution in [0.1, 0.15) is 13.8 Å². The fourth-order valence-electron chi connectivity index (χ4n) is 0.666. The van der Waals surface area contributed by atoms with Crippen LogP contribution in [0.2, 0.25) is 0 Å². The third kappa shape index (κ3) is 73.3. The molecular formula is C14H36O8. The molecule has 0 heterocycles. The average molecular weight is 332 g/mol. The summed E-state index contributed by atoms with van der Waals surface area (Å²) < 4.78 is 18.3. The molecule has 0 aliphatic heterocycles. The van der Waals surface area contributed by atoms with Crippen LogP contribution in [0.5, 0.6) is 0 Å². The molecule has 0 saturated carbocycles. The number of aliphatic hydroxyl groups excluding tert-OH is 4. The van der Waals surface area contributed by atoms with Crippen LogP contribution in [0.15, 0.2) is 0 Å². The fraction of sp³-hybridized carbons (Fsp3) is 1.00. The van der Waals surface area contributed by atoms with Gasteiger partial charge in [-0.05, 0) is 13.8 Å². The summed E-state index contributed by atoms with van der Waals surface area (Å²) in [6, 6.07) is 0. The van der Waals surface area contributed by atoms with Gasteiger partial charge in [-0.3, -0.25) is 0 Å². The van der Waals surface area contributed by atoms with Crippen LogP contribution in [0, 0.1) is 0 Å². The second-order valence-electron chi connectivity index (χ2n) is 3.31. The maximum absolute atomic E-state index is 8.09. The lowest BCUT2D eigenvalue weighted by molar-refractivity contribution is 0.0649. The highest BCUT2D eigenvalue weighted by Crippen LogP contribution is 1.69. The second kappa shape index (κ2) is 42.8. The van der Waals surface area contributed by atoms with Crippen molar-refractivity contribution in [2.45, 2.75) is 13.8 Å². The van der Waals surface area contributed by atoms with Crippen LogP contribution in [0.3, 0.4) is 0 Å². The summed E-state index contributed by atoms with van der Waals surface area (Å²) >= 11 is 0. The van der Waals surface area contributed by atoms with E-state index in [2.05, 4.69) is 14.2 Å². The van der Waals surface area contributed by atoms with E-state index in [9.17, 15) is 0 Å². The van der Waals surface area contributed by atoms with Crippen LogP contribution in [-0.4, -0.2) is 101 Å². The molecule has 0 unspecified atom stereocenters. The first-order valence-electron chi connectivity index (χ1n) is 7.23. The normalized spacial score (nSPS) is 8.73. The van der Waals surface area contributed by atoms with Crippen LogP contribution in [-0.2, 0) is 18.9 Å². The summed E-state index contributed by atoms with van der Waals surface area (Å²) in [5.74, 6) is 0. The van der Waals surface area contributed by atoms with Gasteiger partial charge < -0.3 is 39.4 Å². The van der Waals surface area contributed by atoms with Crippen LogP contribution in [0.25, 0.3) is 0 Å². The Morgan fingerprint density at radius 2 is 0.773 bits per heavy atom. The van der Waals surface area contributed by atoms with E-state index >= 15 is 0 Å². The minimum absolute atomic E-state index is 0.0278. The summed E-state index contributed by atoms with van der Waals surface area (Å²) in [5, 5.41) is 32.3. The Bertz CT molecular complexity index is 107. The lowest BCUT2D eigenvalue weighted by atomic mass is 10.7. The molecule has 0 aromatic carbocycles. The van der Waals surface area contributed by atoms with E-state index in [4.69, 9.17) is 25.2 Å². The molecule has 4 N–H and O–H groups in total. The Balaban J connectivity index is -0.000000103. The Morgan fingerprint density at radius 1 is 0.545 bits per heavy atom. The SMILES string of the molecule is CCOCC.COC.OCCOCCO.OCCOCCO. The molecule has 0 aliphatic rings. The van der Waals surface area contributed by atoms with E-state index in [0.29, 0.717) is 26.4 Å². The van der Waals surface area contributed by atoms with Crippen LogP contribution < -0.4 is 0 Å². The molecule has 0 atom stereocenters. The molecule has 22 heavy (non-hydrogen) atoms. The molecule has 0 saturated heterocycles. The van der Waals surface area contributed by atoms with Gasteiger partial charge in [-0.1, -0.05) is 0 Å². The molecule has 0 aliphatic carbocycles. The number of hydrogen-bond donors (Lipinski definition) is 4. The first kappa shape index (κ1) is 29.7. The van der Waals surface area contributed by atoms with Gasteiger partial charge in [0.05, 0.1) is 52.9 Å². The van der Waals surface area contributed by atoms with Crippen LogP contribution >= 0.6 is 0 Å². The maximum Gasteiger partial charge on any atom is 0.0698 e. The fourth-order valence-corrected chi connectivity index (χ4v) is 0.666. The Labute approximate surface area is 134 Å². The van der Waals surface area contributed by atoms with Gasteiger partial charge in [-0.15, -0.1) is 0 Å². The van der Waals surface area contributed by atoms with Crippen molar-refractivity contribution < 1.29 is 39.4 Å². The molecule has 8 nitrogen and oxygen atoms in total. The molecule has 8 heteroatoms. The molecule has 0 rings (SSSR count). The minimum Gasteiger partial charge on any atom is -0.394 e. The van der Waals surface area contributed by atoms with Crippen molar-refractivity contribution in [2.75, 3.05) is 80.3 Å². The van der Waals surface area contributed by atoms with Crippen molar-refractivity contribution in [3.63, 3.8) is 0 Å². The van der Waals surface area contributed by atoms with E-state index in [0.717, 1.165) is 13.2 Å². The summed E-state index contributed by atoms with van der Waals surface area (Å²) in [7, 11) is 3.25. The number of hydrogen-bond acceptors (Lipinski definition) is 8. The van der Waals surface area contributed by atoms with E-state index < -0.39 is 0 Å². The standard InChI is InChI=1S/2C4H10O3.C4H10O.C2H6O/c2*5-1-3-7-4-2-6;1-3-5-4-2;1-3-2/h2*5-6H,1-4H2;3-4H2,1-2H3;1-2H3. The minimum atomic E-state index is 0.0278. The molecule has 0 amide bonds. The highest BCUT2D eigenvalue weighted by Gasteiger charge is 1.80. The Morgan fingerprint density at radius 3 is 0.864 bits per heavy atom. The second-order valence-corrected chi connectivity index (χ2v) is 3.31. The topological polar surface area (TPSA) is 118 Å². The summed E-state index contributed by atoms with van der Waals surface area (Å²) in [6.07, 6.45) is 0. The highest BCUT2D eigenvalue weighted by molar-refractivity contribution is 4.24. The zero-order valence-electron chi connectivity index (χ0n) is 14.5. The Hall–Kier alpha value is -0.320. The summed E-state index contributed by atoms with van der Waals surface area (Å²) in [6.45, 7) is 7.06. The van der Waals surface area contributed by atoms with Gasteiger partial charge in [-0.25, -0.2) is 0 Å². The molecule has 0 bridgehead atoms. The van der Waals surface area contributed by atoms with Crippen molar-refractivity contribution in [3.05, 3.63) is 0 Å². The lowest BCUT2D eigenvalue weighted by Crippen LogP contribution is -2.03. The zero-order chi connectivity index (χ0) is 17.9. The molecule has 0 spiro atoms. The van der Waals surface area contributed by atoms with Gasteiger partial charge in [0.1, 0.15) is 0 Å². The van der Waals surface area contributed by atoms with Gasteiger partial charge in [0, 0.05) is 27.4 Å². The third-order valence-electron chi connectivity index (χ3n) is 1.35. The third-order valence-corrected chi connectivity index (χ3v) is 1.35. The first-order valence-corrected chi connectivity index (χ1v) is 7.23. The van der Waals surface area contributed by atoms with E-state index in [1.165, 1.54) is 0 Å². The van der Waals surface area contributed by atoms with Crippen LogP contribution in [0.4, 0.5) is 0 Å². The smallest absolute Gasteiger partial charge is 0.0698 e. The van der Waals surface area contributed by atoms with Gasteiger partial charge >= 0.3 is 0 Å². The predicted octanol–water partition coefficient (Wildman–Crippen LogP) is -0.719. The number of rotatable bonds is 10. The van der Waals surface area contributed by atoms with Crippen molar-refractivity contribution in [1.29, 1.82) is 0 Å². The quantitative estimate of drug-likeness (QED) is 0.387. The predicted molar refractivity (Wildman–Crippen MR) is 85.1 cm³/mol. The molecule has 140 valence electrons. The Kier molecular flexibility index (Phi) is 57.7. The molecule has 0 aromatic rings. The monoisotopic (exact) mass is 332 g/mol. The zero-order valence-corrected chi connectivity index (χ0v) is 14.5. The van der Waals surface area contributed by atoms with E-state index in [1.54, 1.807) is 14.2 Å². The first-order chi connectivity index (χ1) is 10.7. The molecule has 0 aromatic heterocycles. The summed E-state index contributed by atoms with van der Waals surface area (Å²) in [5.41, 5.74) is 0. The van der Waals surface area contributed by atoms with Gasteiger partial charge in [0.25, 0.3) is 0 Å². The molecular weight excluding hydrogens is 296 g/mol. The average Bonchev–Trinajstić information content (AvgIpc) is 2.51. The van der Waals surface area contributed by atoms with Gasteiger partial charge in [0.15, 0.2) is 0 Å². The van der Waals surface area contributed by atoms with Gasteiger partial charge in [0.2, 0.25) is 0 Å². The highest BCUT2D eigenvalue weighted by atomic mass is 16.5. The van der Waals surface area contributed by atoms with Crippen molar-refractivity contribution in [2.24, 2.45) is 0 Å². The maximum atomic E-state index is 8.09. The summed E-state index contributed by atoms with van der Waals surface area (Å²) in [4.78, 5) is 0. The van der Waals surface area contributed by atoms with Crippen molar-refractivity contribution in [1.82, 2.24) is 0 Å². The van der Waals surface area contributed by atoms with Crippen molar-refractivity contribution >= 4 is 0 Å². The molecule has 0 radical (unpaired) electrons. The van der Waals surface area contributed by atoms with E-state index in [1.807, 2.05) is 13.8 Å². The number of ether oxygens (including phenoxy) is 4. The number of methoxy groups -OCH3 is 1. The van der Waals surface area contributed by atoms with Gasteiger partial charge in [-0.2, -0.15) is 0 Å². The molecule has 0 fully saturated rings. The largest absolute Gasteiger partial charge is 0.394 e.